The van der Waals surface area contributed by atoms with Crippen molar-refractivity contribution >= 4 is 16.8 Å². The molecule has 168 valence electrons. The molecule has 1 fully saturated rings. The van der Waals surface area contributed by atoms with Gasteiger partial charge in [-0.2, -0.15) is 0 Å². The second-order valence-corrected chi connectivity index (χ2v) is 7.81. The Bertz CT molecular complexity index is 1120. The lowest BCUT2D eigenvalue weighted by atomic mass is 10.0. The molecule has 7 nitrogen and oxygen atoms in total. The van der Waals surface area contributed by atoms with Gasteiger partial charge in [0.05, 0.1) is 33.1 Å². The highest BCUT2D eigenvalue weighted by atomic mass is 16.5. The number of fused-ring (bicyclic) bond motifs is 1. The minimum absolute atomic E-state index is 0.0541. The first kappa shape index (κ1) is 21.9. The van der Waals surface area contributed by atoms with E-state index in [4.69, 9.17) is 19.2 Å². The number of methoxy groups -OCH3 is 3. The SMILES string of the molecule is COc1cccc(-c2nc3c(OC)ccc(OC)c3cc2CN[C@H]2CCCCNC2=O)c1. The third kappa shape index (κ3) is 4.48. The Labute approximate surface area is 188 Å². The number of nitrogens with zero attached hydrogens (tertiary/aromatic N) is 1. The van der Waals surface area contributed by atoms with Gasteiger partial charge in [-0.25, -0.2) is 4.98 Å². The van der Waals surface area contributed by atoms with Crippen LogP contribution in [0.4, 0.5) is 0 Å². The van der Waals surface area contributed by atoms with Gasteiger partial charge in [0.2, 0.25) is 5.91 Å². The summed E-state index contributed by atoms with van der Waals surface area (Å²) >= 11 is 0. The molecule has 1 amide bonds. The zero-order valence-electron chi connectivity index (χ0n) is 18.7. The first-order chi connectivity index (χ1) is 15.6. The van der Waals surface area contributed by atoms with E-state index in [9.17, 15) is 4.79 Å². The van der Waals surface area contributed by atoms with E-state index in [0.717, 1.165) is 65.0 Å². The Morgan fingerprint density at radius 2 is 1.84 bits per heavy atom. The van der Waals surface area contributed by atoms with Gasteiger partial charge in [0.25, 0.3) is 0 Å². The summed E-state index contributed by atoms with van der Waals surface area (Å²) in [7, 11) is 4.92. The van der Waals surface area contributed by atoms with Crippen molar-refractivity contribution in [3.8, 4) is 28.5 Å². The molecule has 0 radical (unpaired) electrons. The van der Waals surface area contributed by atoms with E-state index in [0.29, 0.717) is 12.3 Å². The first-order valence-corrected chi connectivity index (χ1v) is 10.8. The zero-order chi connectivity index (χ0) is 22.5. The highest BCUT2D eigenvalue weighted by Gasteiger charge is 2.21. The summed E-state index contributed by atoms with van der Waals surface area (Å²) in [6.07, 6.45) is 2.84. The third-order valence-corrected chi connectivity index (χ3v) is 5.84. The van der Waals surface area contributed by atoms with Crippen LogP contribution in [0, 0.1) is 0 Å². The molecule has 4 rings (SSSR count). The molecule has 7 heteroatoms. The third-order valence-electron chi connectivity index (χ3n) is 5.84. The molecule has 32 heavy (non-hydrogen) atoms. The van der Waals surface area contributed by atoms with E-state index in [1.165, 1.54) is 0 Å². The van der Waals surface area contributed by atoms with Gasteiger partial charge in [0, 0.05) is 24.0 Å². The number of nitrogens with one attached hydrogen (secondary N) is 2. The van der Waals surface area contributed by atoms with Crippen LogP contribution in [-0.4, -0.2) is 44.8 Å². The Kier molecular flexibility index (Phi) is 6.75. The molecule has 2 heterocycles. The van der Waals surface area contributed by atoms with Gasteiger partial charge in [-0.1, -0.05) is 12.1 Å². The monoisotopic (exact) mass is 435 g/mol. The molecular formula is C25H29N3O4. The van der Waals surface area contributed by atoms with Crippen molar-refractivity contribution in [2.24, 2.45) is 0 Å². The number of hydrogen-bond acceptors (Lipinski definition) is 6. The molecule has 2 N–H and O–H groups in total. The van der Waals surface area contributed by atoms with E-state index in [2.05, 4.69) is 16.7 Å². The van der Waals surface area contributed by atoms with E-state index >= 15 is 0 Å². The van der Waals surface area contributed by atoms with Gasteiger partial charge in [-0.15, -0.1) is 0 Å². The Morgan fingerprint density at radius 3 is 2.62 bits per heavy atom. The van der Waals surface area contributed by atoms with E-state index in [-0.39, 0.29) is 11.9 Å². The predicted molar refractivity (Wildman–Crippen MR) is 124 cm³/mol. The Hall–Kier alpha value is -3.32. The number of ether oxygens (including phenoxy) is 3. The number of aromatic nitrogens is 1. The number of carbonyl (C=O) groups excluding carboxylic acids is 1. The fourth-order valence-corrected chi connectivity index (χ4v) is 4.12. The number of rotatable bonds is 7. The van der Waals surface area contributed by atoms with Crippen LogP contribution in [0.25, 0.3) is 22.2 Å². The van der Waals surface area contributed by atoms with Crippen LogP contribution in [0.5, 0.6) is 17.2 Å². The van der Waals surface area contributed by atoms with Crippen LogP contribution >= 0.6 is 0 Å². The Morgan fingerprint density at radius 1 is 1.03 bits per heavy atom. The van der Waals surface area contributed by atoms with E-state index in [1.54, 1.807) is 21.3 Å². The van der Waals surface area contributed by atoms with Crippen molar-refractivity contribution in [3.63, 3.8) is 0 Å². The number of hydrogen-bond donors (Lipinski definition) is 2. The molecule has 1 saturated heterocycles. The lowest BCUT2D eigenvalue weighted by Gasteiger charge is -2.19. The minimum atomic E-state index is -0.224. The van der Waals surface area contributed by atoms with Gasteiger partial charge in [0.1, 0.15) is 22.8 Å². The zero-order valence-corrected chi connectivity index (χ0v) is 18.7. The maximum Gasteiger partial charge on any atom is 0.237 e. The van der Waals surface area contributed by atoms with Crippen molar-refractivity contribution in [2.45, 2.75) is 31.8 Å². The molecule has 0 spiro atoms. The summed E-state index contributed by atoms with van der Waals surface area (Å²) in [5.41, 5.74) is 3.43. The molecule has 3 aromatic rings. The van der Waals surface area contributed by atoms with Gasteiger partial charge in [-0.05, 0) is 55.2 Å². The molecule has 2 aromatic carbocycles. The van der Waals surface area contributed by atoms with Crippen LogP contribution in [0.15, 0.2) is 42.5 Å². The molecular weight excluding hydrogens is 406 g/mol. The van der Waals surface area contributed by atoms with Gasteiger partial charge >= 0.3 is 0 Å². The largest absolute Gasteiger partial charge is 0.497 e. The lowest BCUT2D eigenvalue weighted by Crippen LogP contribution is -2.42. The van der Waals surface area contributed by atoms with Crippen LogP contribution in [0.2, 0.25) is 0 Å². The number of pyridine rings is 1. The van der Waals surface area contributed by atoms with Gasteiger partial charge < -0.3 is 24.8 Å². The fourth-order valence-electron chi connectivity index (χ4n) is 4.12. The highest BCUT2D eigenvalue weighted by Crippen LogP contribution is 2.36. The van der Waals surface area contributed by atoms with Crippen molar-refractivity contribution in [1.29, 1.82) is 0 Å². The molecule has 0 aliphatic carbocycles. The second kappa shape index (κ2) is 9.87. The normalized spacial score (nSPS) is 16.3. The lowest BCUT2D eigenvalue weighted by molar-refractivity contribution is -0.122. The van der Waals surface area contributed by atoms with Crippen molar-refractivity contribution in [3.05, 3.63) is 48.0 Å². The summed E-state index contributed by atoms with van der Waals surface area (Å²) in [6.45, 7) is 1.23. The Balaban J connectivity index is 1.81. The van der Waals surface area contributed by atoms with Crippen LogP contribution in [-0.2, 0) is 11.3 Å². The summed E-state index contributed by atoms with van der Waals surface area (Å²) < 4.78 is 16.6. The van der Waals surface area contributed by atoms with Crippen LogP contribution in [0.3, 0.4) is 0 Å². The minimum Gasteiger partial charge on any atom is -0.497 e. The topological polar surface area (TPSA) is 81.7 Å². The molecule has 1 atom stereocenters. The predicted octanol–water partition coefficient (Wildman–Crippen LogP) is 3.69. The summed E-state index contributed by atoms with van der Waals surface area (Å²) in [6, 6.07) is 13.4. The van der Waals surface area contributed by atoms with Crippen molar-refractivity contribution in [1.82, 2.24) is 15.6 Å². The maximum atomic E-state index is 12.4. The fraction of sp³-hybridized carbons (Fsp3) is 0.360. The highest BCUT2D eigenvalue weighted by molar-refractivity contribution is 5.93. The standard InChI is InChI=1S/C25H29N3O4/c1-30-18-8-6-7-16(13-18)23-17(15-27-20-9-4-5-12-26-25(20)29)14-19-21(31-2)10-11-22(32-3)24(19)28-23/h6-8,10-11,13-14,20,27H,4-5,9,12,15H2,1-3H3,(H,26,29)/t20-/m0/s1. The van der Waals surface area contributed by atoms with Gasteiger partial charge in [0.15, 0.2) is 0 Å². The van der Waals surface area contributed by atoms with E-state index < -0.39 is 0 Å². The quantitative estimate of drug-likeness (QED) is 0.589. The molecule has 1 aliphatic rings. The van der Waals surface area contributed by atoms with Crippen LogP contribution in [0.1, 0.15) is 24.8 Å². The van der Waals surface area contributed by atoms with Crippen molar-refractivity contribution in [2.75, 3.05) is 27.9 Å². The molecule has 0 bridgehead atoms. The molecule has 1 aromatic heterocycles. The van der Waals surface area contributed by atoms with Crippen LogP contribution < -0.4 is 24.8 Å². The second-order valence-electron chi connectivity index (χ2n) is 7.81. The summed E-state index contributed by atoms with van der Waals surface area (Å²) in [5, 5.41) is 7.29. The smallest absolute Gasteiger partial charge is 0.237 e. The number of benzene rings is 2. The van der Waals surface area contributed by atoms with Crippen molar-refractivity contribution < 1.29 is 19.0 Å². The molecule has 0 unspecified atom stereocenters. The van der Waals surface area contributed by atoms with Gasteiger partial charge in [-0.3, -0.25) is 4.79 Å². The summed E-state index contributed by atoms with van der Waals surface area (Å²) in [4.78, 5) is 17.4. The first-order valence-electron chi connectivity index (χ1n) is 10.8. The van der Waals surface area contributed by atoms with E-state index in [1.807, 2.05) is 36.4 Å². The number of amides is 1. The average Bonchev–Trinajstić information content (AvgIpc) is 3.05. The molecule has 1 aliphatic heterocycles. The maximum absolute atomic E-state index is 12.4. The molecule has 0 saturated carbocycles. The number of carbonyl (C=O) groups is 1. The average molecular weight is 436 g/mol. The summed E-state index contributed by atoms with van der Waals surface area (Å²) in [5.74, 6) is 2.20.